The van der Waals surface area contributed by atoms with Crippen molar-refractivity contribution in [1.29, 1.82) is 5.26 Å². The Bertz CT molecular complexity index is 3150. The van der Waals surface area contributed by atoms with Crippen molar-refractivity contribution >= 4 is 32.7 Å². The maximum Gasteiger partial charge on any atom is 0.160 e. The van der Waals surface area contributed by atoms with E-state index in [1.165, 1.54) is 60.8 Å². The molecule has 0 amide bonds. The summed E-state index contributed by atoms with van der Waals surface area (Å²) in [7, 11) is 0. The number of para-hydroxylation sites is 3. The molecule has 0 saturated heterocycles. The van der Waals surface area contributed by atoms with Crippen LogP contribution in [0.3, 0.4) is 0 Å². The van der Waals surface area contributed by atoms with E-state index in [0.717, 1.165) is 39.8 Å². The number of nitriles is 1. The molecule has 10 rings (SSSR count). The van der Waals surface area contributed by atoms with E-state index in [1.807, 2.05) is 42.5 Å². The Balaban J connectivity index is 0.975. The van der Waals surface area contributed by atoms with E-state index < -0.39 is 0 Å². The fourth-order valence-electron chi connectivity index (χ4n) is 8.16. The maximum absolute atomic E-state index is 9.33. The van der Waals surface area contributed by atoms with Crippen molar-refractivity contribution in [2.45, 2.75) is 13.3 Å². The second-order valence-electron chi connectivity index (χ2n) is 14.6. The Morgan fingerprint density at radius 3 is 1.98 bits per heavy atom. The van der Waals surface area contributed by atoms with Crippen LogP contribution in [-0.4, -0.2) is 14.5 Å². The zero-order valence-electron chi connectivity index (χ0n) is 31.4. The third kappa shape index (κ3) is 6.22. The summed E-state index contributed by atoms with van der Waals surface area (Å²) in [6.45, 7) is 2.21. The minimum atomic E-state index is 0.624. The van der Waals surface area contributed by atoms with Crippen molar-refractivity contribution in [2.24, 2.45) is 0 Å². The minimum absolute atomic E-state index is 0.624. The molecule has 2 aromatic heterocycles. The van der Waals surface area contributed by atoms with E-state index in [2.05, 4.69) is 163 Å². The lowest BCUT2D eigenvalue weighted by atomic mass is 9.90. The van der Waals surface area contributed by atoms with E-state index in [9.17, 15) is 5.26 Å². The number of nitrogens with zero attached hydrogens (tertiary/aromatic N) is 4. The second kappa shape index (κ2) is 14.2. The molecule has 0 unspecified atom stereocenters. The summed E-state index contributed by atoms with van der Waals surface area (Å²) in [5.74, 6) is 0.676. The van der Waals surface area contributed by atoms with Crippen molar-refractivity contribution < 1.29 is 0 Å². The first-order chi connectivity index (χ1) is 28.1. The van der Waals surface area contributed by atoms with E-state index in [0.29, 0.717) is 11.4 Å². The van der Waals surface area contributed by atoms with E-state index >= 15 is 0 Å². The van der Waals surface area contributed by atoms with Gasteiger partial charge in [0.15, 0.2) is 5.82 Å². The van der Waals surface area contributed by atoms with Gasteiger partial charge in [-0.1, -0.05) is 133 Å². The summed E-state index contributed by atoms with van der Waals surface area (Å²) < 4.78 is 2.36. The van der Waals surface area contributed by atoms with Gasteiger partial charge in [-0.3, -0.25) is 0 Å². The van der Waals surface area contributed by atoms with Crippen molar-refractivity contribution in [2.75, 3.05) is 0 Å². The summed E-state index contributed by atoms with van der Waals surface area (Å²) in [6.07, 6.45) is 0.792. The fraction of sp³-hybridized carbons (Fsp3) is 0.0377. The topological polar surface area (TPSA) is 54.5 Å². The summed E-state index contributed by atoms with van der Waals surface area (Å²) in [6, 6.07) is 68.3. The van der Waals surface area contributed by atoms with Gasteiger partial charge in [0.25, 0.3) is 0 Å². The standard InChI is InChI=1S/C53H36N4/c1-35-19-24-40(41-29-30-51-48(33-41)45-15-8-10-18-50(45)57(51)43-12-3-2-4-13-43)32-47(35)44-14-6-5-11-42(44)31-36-20-27-39(28-21-36)53-55-49-17-9-7-16-46(49)52(56-53)38-25-22-37(34-54)23-26-38/h2-30,32-33H,31H2,1H3. The smallest absolute Gasteiger partial charge is 0.160 e. The number of rotatable bonds is 7. The Morgan fingerprint density at radius 1 is 0.509 bits per heavy atom. The fourth-order valence-corrected chi connectivity index (χ4v) is 8.16. The summed E-state index contributed by atoms with van der Waals surface area (Å²) in [5, 5.41) is 12.8. The number of aryl methyl sites for hydroxylation is 1. The average molecular weight is 729 g/mol. The first-order valence-electron chi connectivity index (χ1n) is 19.3. The van der Waals surface area contributed by atoms with Crippen LogP contribution in [0, 0.1) is 18.3 Å². The van der Waals surface area contributed by atoms with Crippen LogP contribution in [0.1, 0.15) is 22.3 Å². The third-order valence-corrected chi connectivity index (χ3v) is 11.1. The van der Waals surface area contributed by atoms with Gasteiger partial charge >= 0.3 is 0 Å². The molecule has 268 valence electrons. The molecule has 0 atom stereocenters. The normalized spacial score (nSPS) is 11.3. The lowest BCUT2D eigenvalue weighted by Gasteiger charge is -2.15. The molecule has 0 N–H and O–H groups in total. The van der Waals surface area contributed by atoms with Crippen molar-refractivity contribution in [3.05, 3.63) is 210 Å². The summed E-state index contributed by atoms with van der Waals surface area (Å²) in [4.78, 5) is 10.0. The van der Waals surface area contributed by atoms with Gasteiger partial charge in [0, 0.05) is 33.0 Å². The number of benzene rings is 8. The van der Waals surface area contributed by atoms with Gasteiger partial charge in [0.05, 0.1) is 33.9 Å². The highest BCUT2D eigenvalue weighted by atomic mass is 15.0. The molecule has 4 heteroatoms. The van der Waals surface area contributed by atoms with Crippen LogP contribution in [-0.2, 0) is 6.42 Å². The molecule has 8 aromatic carbocycles. The number of fused-ring (bicyclic) bond motifs is 4. The lowest BCUT2D eigenvalue weighted by Crippen LogP contribution is -1.97. The van der Waals surface area contributed by atoms with Gasteiger partial charge in [-0.25, -0.2) is 9.97 Å². The van der Waals surface area contributed by atoms with E-state index in [1.54, 1.807) is 0 Å². The van der Waals surface area contributed by atoms with Gasteiger partial charge in [-0.15, -0.1) is 0 Å². The van der Waals surface area contributed by atoms with Crippen LogP contribution in [0.5, 0.6) is 0 Å². The van der Waals surface area contributed by atoms with Crippen molar-refractivity contribution in [3.63, 3.8) is 0 Å². The largest absolute Gasteiger partial charge is 0.309 e. The maximum atomic E-state index is 9.33. The lowest BCUT2D eigenvalue weighted by molar-refractivity contribution is 1.18. The highest BCUT2D eigenvalue weighted by molar-refractivity contribution is 6.10. The Morgan fingerprint density at radius 2 is 1.16 bits per heavy atom. The Hall–Kier alpha value is -7.61. The molecule has 0 aliphatic carbocycles. The average Bonchev–Trinajstić information content (AvgIpc) is 3.61. The van der Waals surface area contributed by atoms with Gasteiger partial charge < -0.3 is 4.57 Å². The molecular weight excluding hydrogens is 693 g/mol. The van der Waals surface area contributed by atoms with Crippen LogP contribution in [0.25, 0.3) is 83.3 Å². The first kappa shape index (κ1) is 33.9. The molecule has 0 spiro atoms. The molecular formula is C53H36N4. The van der Waals surface area contributed by atoms with Crippen molar-refractivity contribution in [1.82, 2.24) is 14.5 Å². The zero-order valence-corrected chi connectivity index (χ0v) is 31.4. The molecule has 4 nitrogen and oxygen atoms in total. The molecule has 0 saturated carbocycles. The van der Waals surface area contributed by atoms with E-state index in [-0.39, 0.29) is 0 Å². The molecule has 0 aliphatic rings. The highest BCUT2D eigenvalue weighted by Gasteiger charge is 2.16. The molecule has 0 fully saturated rings. The monoisotopic (exact) mass is 728 g/mol. The van der Waals surface area contributed by atoms with Gasteiger partial charge in [-0.2, -0.15) is 5.26 Å². The molecule has 0 radical (unpaired) electrons. The van der Waals surface area contributed by atoms with Crippen LogP contribution in [0.4, 0.5) is 0 Å². The Labute approximate surface area is 331 Å². The molecule has 0 bridgehead atoms. The zero-order chi connectivity index (χ0) is 38.3. The van der Waals surface area contributed by atoms with Crippen LogP contribution >= 0.6 is 0 Å². The summed E-state index contributed by atoms with van der Waals surface area (Å²) >= 11 is 0. The highest BCUT2D eigenvalue weighted by Crippen LogP contribution is 2.38. The first-order valence-corrected chi connectivity index (χ1v) is 19.3. The van der Waals surface area contributed by atoms with E-state index in [4.69, 9.17) is 9.97 Å². The number of aromatic nitrogens is 3. The van der Waals surface area contributed by atoms with Crippen molar-refractivity contribution in [3.8, 4) is 56.7 Å². The van der Waals surface area contributed by atoms with Crippen LogP contribution in [0.15, 0.2) is 188 Å². The molecule has 57 heavy (non-hydrogen) atoms. The predicted molar refractivity (Wildman–Crippen MR) is 234 cm³/mol. The second-order valence-corrected chi connectivity index (χ2v) is 14.6. The van der Waals surface area contributed by atoms with Crippen LogP contribution in [0.2, 0.25) is 0 Å². The molecule has 2 heterocycles. The van der Waals surface area contributed by atoms with Gasteiger partial charge in [0.2, 0.25) is 0 Å². The predicted octanol–water partition coefficient (Wildman–Crippen LogP) is 13.2. The Kier molecular flexibility index (Phi) is 8.47. The molecule has 0 aliphatic heterocycles. The number of hydrogen-bond donors (Lipinski definition) is 0. The SMILES string of the molecule is Cc1ccc(-c2ccc3c(c2)c2ccccc2n3-c2ccccc2)cc1-c1ccccc1Cc1ccc(-c2nc(-c3ccc(C#N)cc3)c3ccccc3n2)cc1. The van der Waals surface area contributed by atoms with Gasteiger partial charge in [-0.05, 0) is 107 Å². The van der Waals surface area contributed by atoms with Gasteiger partial charge in [0.1, 0.15) is 0 Å². The number of hydrogen-bond acceptors (Lipinski definition) is 3. The van der Waals surface area contributed by atoms with Crippen LogP contribution < -0.4 is 0 Å². The quantitative estimate of drug-likeness (QED) is 0.164. The third-order valence-electron chi connectivity index (χ3n) is 11.1. The summed E-state index contributed by atoms with van der Waals surface area (Å²) in [5.41, 5.74) is 16.5. The minimum Gasteiger partial charge on any atom is -0.309 e. The molecule has 10 aromatic rings.